The molecule has 0 bridgehead atoms. The lowest BCUT2D eigenvalue weighted by molar-refractivity contribution is -0.139. The highest BCUT2D eigenvalue weighted by molar-refractivity contribution is 5.89. The van der Waals surface area contributed by atoms with E-state index in [1.165, 1.54) is 0 Å². The number of amides is 1. The molecule has 7 nitrogen and oxygen atoms in total. The number of hydrogen-bond acceptors (Lipinski definition) is 5. The number of aliphatic hydroxyl groups is 1. The fourth-order valence-electron chi connectivity index (χ4n) is 1.11. The highest BCUT2D eigenvalue weighted by Gasteiger charge is 2.41. The quantitative estimate of drug-likeness (QED) is 0.403. The number of ether oxygens (including phenoxy) is 1. The van der Waals surface area contributed by atoms with E-state index in [0.717, 1.165) is 0 Å². The van der Waals surface area contributed by atoms with Gasteiger partial charge in [0.2, 0.25) is 5.91 Å². The maximum Gasteiger partial charge on any atom is 0.322 e. The first-order chi connectivity index (χ1) is 6.60. The van der Waals surface area contributed by atoms with Crippen LogP contribution in [-0.4, -0.2) is 54.1 Å². The molecule has 0 aromatic rings. The van der Waals surface area contributed by atoms with Crippen LogP contribution >= 0.6 is 0 Å². The number of carboxylic acid groups (broad SMARTS) is 1. The van der Waals surface area contributed by atoms with E-state index in [4.69, 9.17) is 14.9 Å². The molecule has 80 valence electrons. The van der Waals surface area contributed by atoms with E-state index in [9.17, 15) is 9.59 Å². The van der Waals surface area contributed by atoms with Gasteiger partial charge in [-0.25, -0.2) is 0 Å². The van der Waals surface area contributed by atoms with Crippen molar-refractivity contribution in [3.8, 4) is 0 Å². The average Bonchev–Trinajstić information content (AvgIpc) is 2.63. The Bertz CT molecular complexity index is 236. The van der Waals surface area contributed by atoms with E-state index in [2.05, 4.69) is 10.6 Å². The van der Waals surface area contributed by atoms with Crippen molar-refractivity contribution in [3.63, 3.8) is 0 Å². The van der Waals surface area contributed by atoms with E-state index < -0.39 is 30.6 Å². The Morgan fingerprint density at radius 1 is 1.57 bits per heavy atom. The molecule has 0 aliphatic carbocycles. The third-order valence-corrected chi connectivity index (χ3v) is 1.97. The summed E-state index contributed by atoms with van der Waals surface area (Å²) in [5.74, 6) is -1.70. The van der Waals surface area contributed by atoms with E-state index in [-0.39, 0.29) is 13.3 Å². The summed E-state index contributed by atoms with van der Waals surface area (Å²) in [6, 6.07) is 0. The predicted octanol–water partition coefficient (Wildman–Crippen LogP) is -2.50. The van der Waals surface area contributed by atoms with Gasteiger partial charge in [-0.05, 0) is 0 Å². The number of aliphatic hydroxyl groups excluding tert-OH is 1. The zero-order valence-electron chi connectivity index (χ0n) is 7.45. The van der Waals surface area contributed by atoms with E-state index in [1.807, 2.05) is 0 Å². The minimum Gasteiger partial charge on any atom is -0.480 e. The van der Waals surface area contributed by atoms with Crippen LogP contribution < -0.4 is 10.6 Å². The lowest BCUT2D eigenvalue weighted by Gasteiger charge is -2.23. The summed E-state index contributed by atoms with van der Waals surface area (Å²) in [5.41, 5.74) is -1.20. The number of nitrogens with one attached hydrogen (secondary N) is 2. The molecule has 7 heteroatoms. The van der Waals surface area contributed by atoms with Crippen molar-refractivity contribution < 1.29 is 24.5 Å². The summed E-state index contributed by atoms with van der Waals surface area (Å²) >= 11 is 0. The van der Waals surface area contributed by atoms with Gasteiger partial charge in [0.15, 0.2) is 0 Å². The van der Waals surface area contributed by atoms with Crippen LogP contribution in [0.1, 0.15) is 0 Å². The summed E-state index contributed by atoms with van der Waals surface area (Å²) in [6.45, 7) is -0.698. The molecule has 4 N–H and O–H groups in total. The zero-order valence-corrected chi connectivity index (χ0v) is 7.45. The highest BCUT2D eigenvalue weighted by Crippen LogP contribution is 2.10. The first kappa shape index (κ1) is 10.9. The molecule has 1 saturated heterocycles. The number of hydrogen-bond donors (Lipinski definition) is 4. The van der Waals surface area contributed by atoms with Crippen molar-refractivity contribution in [3.05, 3.63) is 0 Å². The Kier molecular flexibility index (Phi) is 3.39. The molecular weight excluding hydrogens is 192 g/mol. The standard InChI is InChI=1S/C7H12N2O5/c10-2-7(3-14-4-9-7)6(13)8-1-5(11)12/h9-10H,1-4H2,(H,8,13)(H,11,12). The first-order valence-corrected chi connectivity index (χ1v) is 4.04. The van der Waals surface area contributed by atoms with Gasteiger partial charge < -0.3 is 20.3 Å². The zero-order chi connectivity index (χ0) is 10.6. The van der Waals surface area contributed by atoms with Crippen molar-refractivity contribution in [1.29, 1.82) is 0 Å². The van der Waals surface area contributed by atoms with Gasteiger partial charge in [-0.2, -0.15) is 0 Å². The van der Waals surface area contributed by atoms with Crippen LogP contribution in [0.2, 0.25) is 0 Å². The average molecular weight is 204 g/mol. The Labute approximate surface area is 80.0 Å². The molecule has 0 spiro atoms. The van der Waals surface area contributed by atoms with E-state index in [1.54, 1.807) is 0 Å². The van der Waals surface area contributed by atoms with Crippen LogP contribution in [0, 0.1) is 0 Å². The second kappa shape index (κ2) is 4.36. The number of carbonyl (C=O) groups excluding carboxylic acids is 1. The maximum atomic E-state index is 11.4. The van der Waals surface area contributed by atoms with Crippen LogP contribution in [0.3, 0.4) is 0 Å². The SMILES string of the molecule is O=C(O)CNC(=O)C1(CO)COCN1. The highest BCUT2D eigenvalue weighted by atomic mass is 16.5. The molecule has 0 aromatic heterocycles. The lowest BCUT2D eigenvalue weighted by Crippen LogP contribution is -2.58. The molecule has 1 atom stereocenters. The number of aliphatic carboxylic acids is 1. The molecular formula is C7H12N2O5. The smallest absolute Gasteiger partial charge is 0.322 e. The minimum absolute atomic E-state index is 0.0367. The van der Waals surface area contributed by atoms with Gasteiger partial charge in [-0.15, -0.1) is 0 Å². The van der Waals surface area contributed by atoms with Gasteiger partial charge in [0.25, 0.3) is 0 Å². The largest absolute Gasteiger partial charge is 0.480 e. The second-order valence-corrected chi connectivity index (χ2v) is 2.99. The predicted molar refractivity (Wildman–Crippen MR) is 44.4 cm³/mol. The first-order valence-electron chi connectivity index (χ1n) is 4.04. The molecule has 14 heavy (non-hydrogen) atoms. The molecule has 1 fully saturated rings. The van der Waals surface area contributed by atoms with Gasteiger partial charge in [0, 0.05) is 0 Å². The van der Waals surface area contributed by atoms with Crippen LogP contribution in [0.4, 0.5) is 0 Å². The van der Waals surface area contributed by atoms with Crippen molar-refractivity contribution in [2.24, 2.45) is 0 Å². The third-order valence-electron chi connectivity index (χ3n) is 1.97. The van der Waals surface area contributed by atoms with Crippen LogP contribution in [0.25, 0.3) is 0 Å². The second-order valence-electron chi connectivity index (χ2n) is 2.99. The van der Waals surface area contributed by atoms with E-state index in [0.29, 0.717) is 0 Å². The summed E-state index contributed by atoms with van der Waals surface area (Å²) in [7, 11) is 0. The molecule has 1 unspecified atom stereocenters. The van der Waals surface area contributed by atoms with Gasteiger partial charge in [0.1, 0.15) is 12.1 Å². The Hall–Kier alpha value is -1.18. The number of carbonyl (C=O) groups is 2. The van der Waals surface area contributed by atoms with Crippen molar-refractivity contribution in [2.75, 3.05) is 26.5 Å². The summed E-state index contributed by atoms with van der Waals surface area (Å²) in [5, 5.41) is 22.2. The Morgan fingerprint density at radius 2 is 2.29 bits per heavy atom. The fourth-order valence-corrected chi connectivity index (χ4v) is 1.11. The normalized spacial score (nSPS) is 26.1. The molecule has 1 aliphatic rings. The fraction of sp³-hybridized carbons (Fsp3) is 0.714. The topological polar surface area (TPSA) is 108 Å². The Balaban J connectivity index is 2.52. The lowest BCUT2D eigenvalue weighted by atomic mass is 10.0. The van der Waals surface area contributed by atoms with Gasteiger partial charge in [0.05, 0.1) is 19.9 Å². The Morgan fingerprint density at radius 3 is 2.71 bits per heavy atom. The van der Waals surface area contributed by atoms with Gasteiger partial charge in [-0.1, -0.05) is 0 Å². The molecule has 0 radical (unpaired) electrons. The monoisotopic (exact) mass is 204 g/mol. The molecule has 0 saturated carbocycles. The van der Waals surface area contributed by atoms with Crippen molar-refractivity contribution >= 4 is 11.9 Å². The van der Waals surface area contributed by atoms with Gasteiger partial charge in [-0.3, -0.25) is 14.9 Å². The van der Waals surface area contributed by atoms with Crippen LogP contribution in [0.15, 0.2) is 0 Å². The summed E-state index contributed by atoms with van der Waals surface area (Å²) in [4.78, 5) is 21.6. The molecule has 1 amide bonds. The molecule has 1 heterocycles. The molecule has 0 aromatic carbocycles. The summed E-state index contributed by atoms with van der Waals surface area (Å²) in [6.07, 6.45) is 0. The minimum atomic E-state index is -1.20. The van der Waals surface area contributed by atoms with Crippen molar-refractivity contribution in [1.82, 2.24) is 10.6 Å². The van der Waals surface area contributed by atoms with Gasteiger partial charge >= 0.3 is 5.97 Å². The van der Waals surface area contributed by atoms with Crippen molar-refractivity contribution in [2.45, 2.75) is 5.54 Å². The molecule has 1 rings (SSSR count). The summed E-state index contributed by atoms with van der Waals surface area (Å²) < 4.78 is 4.90. The number of rotatable bonds is 4. The van der Waals surface area contributed by atoms with Crippen LogP contribution in [-0.2, 0) is 14.3 Å². The van der Waals surface area contributed by atoms with Crippen LogP contribution in [0.5, 0.6) is 0 Å². The number of carboxylic acids is 1. The molecule has 1 aliphatic heterocycles. The van der Waals surface area contributed by atoms with E-state index >= 15 is 0 Å². The maximum absolute atomic E-state index is 11.4. The third kappa shape index (κ3) is 2.19.